The van der Waals surface area contributed by atoms with E-state index in [2.05, 4.69) is 0 Å². The van der Waals surface area contributed by atoms with Crippen molar-refractivity contribution in [2.75, 3.05) is 52.3 Å². The zero-order valence-corrected chi connectivity index (χ0v) is 18.9. The van der Waals surface area contributed by atoms with Crippen molar-refractivity contribution in [2.45, 2.75) is 47.1 Å². The molecule has 0 aromatic heterocycles. The van der Waals surface area contributed by atoms with Gasteiger partial charge < -0.3 is 23.3 Å². The highest BCUT2D eigenvalue weighted by molar-refractivity contribution is 7.53. The van der Waals surface area contributed by atoms with Crippen LogP contribution in [0.4, 0.5) is 0 Å². The fourth-order valence-electron chi connectivity index (χ4n) is 2.55. The van der Waals surface area contributed by atoms with Crippen molar-refractivity contribution in [1.29, 1.82) is 0 Å². The van der Waals surface area contributed by atoms with E-state index in [1.165, 1.54) is 4.90 Å². The molecule has 0 radical (unpaired) electrons. The molecule has 0 aliphatic rings. The van der Waals surface area contributed by atoms with E-state index in [0.717, 1.165) is 0 Å². The average Bonchev–Trinajstić information content (AvgIpc) is 2.62. The summed E-state index contributed by atoms with van der Waals surface area (Å²) >= 11 is 0. The van der Waals surface area contributed by atoms with Gasteiger partial charge in [-0.1, -0.05) is 0 Å². The summed E-state index contributed by atoms with van der Waals surface area (Å²) in [6.07, 6.45) is -0.0881. The molecule has 29 heavy (non-hydrogen) atoms. The molecule has 0 aromatic carbocycles. The molecule has 0 aliphatic heterocycles. The summed E-state index contributed by atoms with van der Waals surface area (Å²) in [5.41, 5.74) is 0. The van der Waals surface area contributed by atoms with Gasteiger partial charge in [0.1, 0.15) is 6.04 Å². The van der Waals surface area contributed by atoms with Crippen molar-refractivity contribution in [2.24, 2.45) is 0 Å². The molecule has 11 heteroatoms. The van der Waals surface area contributed by atoms with Crippen LogP contribution in [0.25, 0.3) is 0 Å². The van der Waals surface area contributed by atoms with Crippen molar-refractivity contribution in [1.82, 2.24) is 4.90 Å². The van der Waals surface area contributed by atoms with E-state index in [9.17, 15) is 18.9 Å². The normalized spacial score (nSPS) is 12.5. The second kappa shape index (κ2) is 15.4. The third kappa shape index (κ3) is 11.3. The maximum atomic E-state index is 12.8. The molecule has 0 fully saturated rings. The lowest BCUT2D eigenvalue weighted by Crippen LogP contribution is -2.48. The molecule has 0 heterocycles. The second-order valence-electron chi connectivity index (χ2n) is 5.74. The number of nitrogens with zero attached hydrogens (tertiary/aromatic N) is 1. The predicted octanol–water partition coefficient (Wildman–Crippen LogP) is 2.00. The third-order valence-corrected chi connectivity index (χ3v) is 5.71. The number of carbonyl (C=O) groups excluding carboxylic acids is 3. The minimum absolute atomic E-state index is 0.00504. The molecule has 1 atom stereocenters. The van der Waals surface area contributed by atoms with Crippen molar-refractivity contribution >= 4 is 25.5 Å². The van der Waals surface area contributed by atoms with Crippen LogP contribution in [0.15, 0.2) is 0 Å². The Kier molecular flexibility index (Phi) is 14.6. The van der Waals surface area contributed by atoms with Gasteiger partial charge in [-0.2, -0.15) is 0 Å². The number of ether oxygens (including phenoxy) is 3. The van der Waals surface area contributed by atoms with E-state index >= 15 is 0 Å². The number of hydrogen-bond donors (Lipinski definition) is 0. The lowest BCUT2D eigenvalue weighted by Gasteiger charge is -2.29. The summed E-state index contributed by atoms with van der Waals surface area (Å²) in [6.45, 7) is 8.41. The van der Waals surface area contributed by atoms with Gasteiger partial charge in [0.05, 0.1) is 52.3 Å². The Morgan fingerprint density at radius 3 is 1.59 bits per heavy atom. The molecule has 0 saturated heterocycles. The molecule has 0 amide bonds. The van der Waals surface area contributed by atoms with Crippen LogP contribution in [0.3, 0.4) is 0 Å². The van der Waals surface area contributed by atoms with Gasteiger partial charge in [0.15, 0.2) is 0 Å². The number of carbonyl (C=O) groups is 3. The second-order valence-corrected chi connectivity index (χ2v) is 7.93. The monoisotopic (exact) mass is 439 g/mol. The summed E-state index contributed by atoms with van der Waals surface area (Å²) in [5, 5.41) is 0. The largest absolute Gasteiger partial charge is 0.465 e. The van der Waals surface area contributed by atoms with Gasteiger partial charge >= 0.3 is 25.5 Å². The molecule has 1 unspecified atom stereocenters. The van der Waals surface area contributed by atoms with Crippen molar-refractivity contribution in [3.8, 4) is 0 Å². The van der Waals surface area contributed by atoms with Crippen LogP contribution in [0.5, 0.6) is 0 Å². The van der Waals surface area contributed by atoms with E-state index in [4.69, 9.17) is 23.3 Å². The molecule has 0 spiro atoms. The first-order valence-electron chi connectivity index (χ1n) is 9.86. The molecular weight excluding hydrogens is 405 g/mol. The zero-order chi connectivity index (χ0) is 22.3. The van der Waals surface area contributed by atoms with Gasteiger partial charge in [-0.05, 0) is 41.0 Å². The quantitative estimate of drug-likeness (QED) is 0.201. The van der Waals surface area contributed by atoms with E-state index in [-0.39, 0.29) is 58.7 Å². The Labute approximate surface area is 172 Å². The molecule has 0 rings (SSSR count). The van der Waals surface area contributed by atoms with Crippen LogP contribution in [0.1, 0.15) is 41.0 Å². The highest BCUT2D eigenvalue weighted by atomic mass is 31.2. The van der Waals surface area contributed by atoms with Gasteiger partial charge in [0.2, 0.25) is 0 Å². The van der Waals surface area contributed by atoms with Gasteiger partial charge in [-0.3, -0.25) is 23.8 Å². The third-order valence-electron chi connectivity index (χ3n) is 3.60. The van der Waals surface area contributed by atoms with Gasteiger partial charge in [-0.15, -0.1) is 0 Å². The molecule has 0 aliphatic carbocycles. The van der Waals surface area contributed by atoms with Crippen LogP contribution < -0.4 is 0 Å². The summed E-state index contributed by atoms with van der Waals surface area (Å²) in [4.78, 5) is 37.9. The molecule has 0 saturated carbocycles. The minimum atomic E-state index is -3.43. The summed E-state index contributed by atoms with van der Waals surface area (Å²) in [7, 11) is -3.43. The Hall–Kier alpha value is -1.48. The van der Waals surface area contributed by atoms with Gasteiger partial charge in [-0.25, -0.2) is 0 Å². The van der Waals surface area contributed by atoms with Crippen molar-refractivity contribution in [3.05, 3.63) is 0 Å². The van der Waals surface area contributed by atoms with Gasteiger partial charge in [0, 0.05) is 0 Å². The first-order chi connectivity index (χ1) is 13.8. The highest BCUT2D eigenvalue weighted by Crippen LogP contribution is 2.48. The van der Waals surface area contributed by atoms with Crippen LogP contribution in [-0.2, 0) is 42.2 Å². The van der Waals surface area contributed by atoms with E-state index in [1.54, 1.807) is 34.6 Å². The molecule has 10 nitrogen and oxygen atoms in total. The van der Waals surface area contributed by atoms with E-state index in [0.29, 0.717) is 0 Å². The molecule has 0 bridgehead atoms. The minimum Gasteiger partial charge on any atom is -0.465 e. The average molecular weight is 439 g/mol. The highest BCUT2D eigenvalue weighted by Gasteiger charge is 2.34. The lowest BCUT2D eigenvalue weighted by molar-refractivity contribution is -0.155. The maximum Gasteiger partial charge on any atom is 0.330 e. The van der Waals surface area contributed by atoms with Crippen LogP contribution >= 0.6 is 7.60 Å². The SMILES string of the molecule is CCOC(=O)CN(CC(=O)OCC)C(CCP(=O)(OCC)OCC)C(=O)OCC. The number of rotatable bonds is 16. The van der Waals surface area contributed by atoms with Crippen LogP contribution in [-0.4, -0.2) is 81.1 Å². The van der Waals surface area contributed by atoms with Gasteiger partial charge in [0.25, 0.3) is 0 Å². The molecule has 0 N–H and O–H groups in total. The first-order valence-corrected chi connectivity index (χ1v) is 11.6. The smallest absolute Gasteiger partial charge is 0.330 e. The van der Waals surface area contributed by atoms with Crippen molar-refractivity contribution in [3.63, 3.8) is 0 Å². The Balaban J connectivity index is 5.59. The summed E-state index contributed by atoms with van der Waals surface area (Å²) < 4.78 is 38.3. The fourth-order valence-corrected chi connectivity index (χ4v) is 4.23. The maximum absolute atomic E-state index is 12.8. The fraction of sp³-hybridized carbons (Fsp3) is 0.833. The topological polar surface area (TPSA) is 118 Å². The van der Waals surface area contributed by atoms with E-state index in [1.807, 2.05) is 0 Å². The van der Waals surface area contributed by atoms with Crippen LogP contribution in [0.2, 0.25) is 0 Å². The van der Waals surface area contributed by atoms with Crippen LogP contribution in [0, 0.1) is 0 Å². The standard InChI is InChI=1S/C18H34NO9P/c1-6-24-16(20)13-19(14-17(21)25-7-2)15(18(22)26-8-3)11-12-29(23,27-9-4)28-10-5/h15H,6-14H2,1-5H3. The summed E-state index contributed by atoms with van der Waals surface area (Å²) in [5.74, 6) is -1.87. The lowest BCUT2D eigenvalue weighted by atomic mass is 10.2. The Morgan fingerprint density at radius 2 is 1.21 bits per heavy atom. The number of esters is 3. The Morgan fingerprint density at radius 1 is 0.759 bits per heavy atom. The first kappa shape index (κ1) is 27.5. The molecule has 170 valence electrons. The number of hydrogen-bond acceptors (Lipinski definition) is 10. The molecule has 0 aromatic rings. The predicted molar refractivity (Wildman–Crippen MR) is 106 cm³/mol. The Bertz CT molecular complexity index is 525. The van der Waals surface area contributed by atoms with Crippen molar-refractivity contribution < 1.29 is 42.2 Å². The van der Waals surface area contributed by atoms with E-state index < -0.39 is 31.5 Å². The zero-order valence-electron chi connectivity index (χ0n) is 18.0. The molecular formula is C18H34NO9P. The summed E-state index contributed by atoms with van der Waals surface area (Å²) in [6, 6.07) is -1.03.